The van der Waals surface area contributed by atoms with Crippen molar-refractivity contribution in [1.29, 1.82) is 0 Å². The predicted molar refractivity (Wildman–Crippen MR) is 79.1 cm³/mol. The second-order valence-electron chi connectivity index (χ2n) is 5.57. The summed E-state index contributed by atoms with van der Waals surface area (Å²) in [6, 6.07) is 5.49. The van der Waals surface area contributed by atoms with Crippen molar-refractivity contribution in [2.45, 2.75) is 39.2 Å². The van der Waals surface area contributed by atoms with Crippen molar-refractivity contribution in [3.8, 4) is 0 Å². The Morgan fingerprint density at radius 1 is 1.42 bits per heavy atom. The van der Waals surface area contributed by atoms with Gasteiger partial charge in [-0.25, -0.2) is 4.39 Å². The Morgan fingerprint density at radius 2 is 2.16 bits per heavy atom. The van der Waals surface area contributed by atoms with Gasteiger partial charge in [-0.3, -0.25) is 0 Å². The maximum Gasteiger partial charge on any atom is 0.130 e. The van der Waals surface area contributed by atoms with Crippen molar-refractivity contribution in [3.05, 3.63) is 29.6 Å². The first-order chi connectivity index (χ1) is 9.17. The molecule has 1 atom stereocenters. The molecule has 0 spiro atoms. The number of benzene rings is 1. The molecule has 0 radical (unpaired) electrons. The molecule has 1 aromatic carbocycles. The van der Waals surface area contributed by atoms with Gasteiger partial charge >= 0.3 is 0 Å². The highest BCUT2D eigenvalue weighted by molar-refractivity contribution is 5.55. The van der Waals surface area contributed by atoms with Gasteiger partial charge in [0.1, 0.15) is 5.82 Å². The predicted octanol–water partition coefficient (Wildman–Crippen LogP) is 3.73. The summed E-state index contributed by atoms with van der Waals surface area (Å²) in [5.74, 6) is 0.712. The van der Waals surface area contributed by atoms with Crippen LogP contribution in [0, 0.1) is 11.7 Å². The van der Waals surface area contributed by atoms with Gasteiger partial charge in [0.15, 0.2) is 0 Å². The zero-order valence-electron chi connectivity index (χ0n) is 12.2. The summed E-state index contributed by atoms with van der Waals surface area (Å²) in [6.07, 6.45) is 3.75. The molecule has 2 nitrogen and oxygen atoms in total. The van der Waals surface area contributed by atoms with E-state index >= 15 is 0 Å². The molecule has 19 heavy (non-hydrogen) atoms. The lowest BCUT2D eigenvalue weighted by molar-refractivity contribution is 0.558. The third-order valence-corrected chi connectivity index (χ3v) is 3.91. The maximum absolute atomic E-state index is 14.2. The molecule has 1 aliphatic carbocycles. The fourth-order valence-corrected chi connectivity index (χ4v) is 2.57. The lowest BCUT2D eigenvalue weighted by Gasteiger charge is -2.29. The molecule has 3 heteroatoms. The average Bonchev–Trinajstić information content (AvgIpc) is 3.21. The monoisotopic (exact) mass is 264 g/mol. The minimum atomic E-state index is -0.101. The van der Waals surface area contributed by atoms with Gasteiger partial charge < -0.3 is 10.2 Å². The standard InChI is InChI=1S/C16H25FN2/c1-4-10-19(11-13-8-9-13)15-7-5-6-14(17)16(15)12(2)18-3/h5-7,12-13,18H,4,8-11H2,1-3H3. The minimum absolute atomic E-state index is 0.0368. The molecule has 1 unspecified atom stereocenters. The maximum atomic E-state index is 14.2. The van der Waals surface area contributed by atoms with Gasteiger partial charge in [-0.05, 0) is 51.3 Å². The number of hydrogen-bond donors (Lipinski definition) is 1. The van der Waals surface area contributed by atoms with Crippen molar-refractivity contribution < 1.29 is 4.39 Å². The van der Waals surface area contributed by atoms with Crippen LogP contribution in [0.2, 0.25) is 0 Å². The van der Waals surface area contributed by atoms with Crippen LogP contribution in [0.5, 0.6) is 0 Å². The summed E-state index contributed by atoms with van der Waals surface area (Å²) in [6.45, 7) is 6.27. The lowest BCUT2D eigenvalue weighted by atomic mass is 10.0. The van der Waals surface area contributed by atoms with Crippen molar-refractivity contribution in [2.24, 2.45) is 5.92 Å². The van der Waals surface area contributed by atoms with Gasteiger partial charge in [0, 0.05) is 30.4 Å². The van der Waals surface area contributed by atoms with Gasteiger partial charge in [-0.15, -0.1) is 0 Å². The summed E-state index contributed by atoms with van der Waals surface area (Å²) in [7, 11) is 1.88. The van der Waals surface area contributed by atoms with Crippen LogP contribution in [0.15, 0.2) is 18.2 Å². The smallest absolute Gasteiger partial charge is 0.130 e. The van der Waals surface area contributed by atoms with Crippen LogP contribution in [0.3, 0.4) is 0 Å². The Kier molecular flexibility index (Phi) is 4.81. The van der Waals surface area contributed by atoms with Gasteiger partial charge in [0.2, 0.25) is 0 Å². The number of halogens is 1. The SMILES string of the molecule is CCCN(CC1CC1)c1cccc(F)c1C(C)NC. The van der Waals surface area contributed by atoms with Gasteiger partial charge in [-0.1, -0.05) is 13.0 Å². The quantitative estimate of drug-likeness (QED) is 0.807. The topological polar surface area (TPSA) is 15.3 Å². The van der Waals surface area contributed by atoms with E-state index in [2.05, 4.69) is 23.2 Å². The Bertz CT molecular complexity index is 415. The third kappa shape index (κ3) is 3.47. The van der Waals surface area contributed by atoms with Crippen molar-refractivity contribution in [3.63, 3.8) is 0 Å². The number of nitrogens with one attached hydrogen (secondary N) is 1. The Balaban J connectivity index is 2.30. The Morgan fingerprint density at radius 3 is 2.74 bits per heavy atom. The van der Waals surface area contributed by atoms with Crippen molar-refractivity contribution in [2.75, 3.05) is 25.0 Å². The molecule has 1 N–H and O–H groups in total. The summed E-state index contributed by atoms with van der Waals surface area (Å²) in [4.78, 5) is 2.37. The summed E-state index contributed by atoms with van der Waals surface area (Å²) >= 11 is 0. The molecule has 1 aliphatic rings. The van der Waals surface area contributed by atoms with Crippen LogP contribution in [0.25, 0.3) is 0 Å². The normalized spacial score (nSPS) is 16.4. The second kappa shape index (κ2) is 6.38. The zero-order chi connectivity index (χ0) is 13.8. The highest BCUT2D eigenvalue weighted by atomic mass is 19.1. The number of rotatable bonds is 7. The van der Waals surface area contributed by atoms with Crippen LogP contribution in [-0.4, -0.2) is 20.1 Å². The fraction of sp³-hybridized carbons (Fsp3) is 0.625. The van der Waals surface area contributed by atoms with Crippen molar-refractivity contribution >= 4 is 5.69 Å². The fourth-order valence-electron chi connectivity index (χ4n) is 2.57. The summed E-state index contributed by atoms with van der Waals surface area (Å²) in [5, 5.41) is 3.16. The van der Waals surface area contributed by atoms with E-state index in [-0.39, 0.29) is 11.9 Å². The molecule has 0 saturated heterocycles. The zero-order valence-corrected chi connectivity index (χ0v) is 12.2. The van der Waals surface area contributed by atoms with Crippen LogP contribution >= 0.6 is 0 Å². The number of nitrogens with zero attached hydrogens (tertiary/aromatic N) is 1. The number of anilines is 1. The molecule has 1 saturated carbocycles. The molecule has 0 amide bonds. The van der Waals surface area contributed by atoms with E-state index in [9.17, 15) is 4.39 Å². The summed E-state index contributed by atoms with van der Waals surface area (Å²) < 4.78 is 14.2. The first-order valence-electron chi connectivity index (χ1n) is 7.38. The molecule has 0 aliphatic heterocycles. The van der Waals surface area contributed by atoms with Gasteiger partial charge in [0.05, 0.1) is 0 Å². The largest absolute Gasteiger partial charge is 0.371 e. The van der Waals surface area contributed by atoms with E-state index in [1.54, 1.807) is 6.07 Å². The molecule has 1 fully saturated rings. The molecule has 1 aromatic rings. The van der Waals surface area contributed by atoms with E-state index in [0.29, 0.717) is 0 Å². The molecular weight excluding hydrogens is 239 g/mol. The Hall–Kier alpha value is -1.09. The van der Waals surface area contributed by atoms with E-state index in [0.717, 1.165) is 36.7 Å². The number of hydrogen-bond acceptors (Lipinski definition) is 2. The summed E-state index contributed by atoms with van der Waals surface area (Å²) in [5.41, 5.74) is 1.87. The molecule has 2 rings (SSSR count). The highest BCUT2D eigenvalue weighted by Gasteiger charge is 2.26. The average molecular weight is 264 g/mol. The minimum Gasteiger partial charge on any atom is -0.371 e. The molecule has 0 heterocycles. The first kappa shape index (κ1) is 14.3. The van der Waals surface area contributed by atoms with E-state index in [1.165, 1.54) is 12.8 Å². The highest BCUT2D eigenvalue weighted by Crippen LogP contribution is 2.34. The van der Waals surface area contributed by atoms with Crippen LogP contribution < -0.4 is 10.2 Å². The van der Waals surface area contributed by atoms with Gasteiger partial charge in [-0.2, -0.15) is 0 Å². The molecule has 0 aromatic heterocycles. The van der Waals surface area contributed by atoms with E-state index in [4.69, 9.17) is 0 Å². The first-order valence-corrected chi connectivity index (χ1v) is 7.38. The van der Waals surface area contributed by atoms with Crippen LogP contribution in [-0.2, 0) is 0 Å². The molecular formula is C16H25FN2. The van der Waals surface area contributed by atoms with E-state index in [1.807, 2.05) is 20.0 Å². The molecule has 0 bridgehead atoms. The third-order valence-electron chi connectivity index (χ3n) is 3.91. The van der Waals surface area contributed by atoms with Gasteiger partial charge in [0.25, 0.3) is 0 Å². The lowest BCUT2D eigenvalue weighted by Crippen LogP contribution is -2.29. The van der Waals surface area contributed by atoms with Crippen LogP contribution in [0.4, 0.5) is 10.1 Å². The Labute approximate surface area is 116 Å². The molecule has 106 valence electrons. The second-order valence-corrected chi connectivity index (χ2v) is 5.57. The van der Waals surface area contributed by atoms with Crippen molar-refractivity contribution in [1.82, 2.24) is 5.32 Å². The van der Waals surface area contributed by atoms with E-state index < -0.39 is 0 Å². The van der Waals surface area contributed by atoms with Crippen LogP contribution in [0.1, 0.15) is 44.7 Å².